The number of H-pyrrole nitrogens is 1. The van der Waals surface area contributed by atoms with Crippen LogP contribution in [0.4, 0.5) is 11.4 Å². The SMILES string of the molecule is CC(=O)Nc1cccc(NC(=O)c2c[nH]c(=S)n2-c2ccccc2)c1. The molecule has 2 aromatic carbocycles. The van der Waals surface area contributed by atoms with E-state index in [1.54, 1.807) is 35.0 Å². The fourth-order valence-electron chi connectivity index (χ4n) is 2.44. The predicted molar refractivity (Wildman–Crippen MR) is 99.7 cm³/mol. The average Bonchev–Trinajstić information content (AvgIpc) is 2.97. The fraction of sp³-hybridized carbons (Fsp3) is 0.0556. The standard InChI is InChI=1S/C18H16N4O2S/c1-12(23)20-13-6-5-7-14(10-13)21-17(24)16-11-19-18(25)22(16)15-8-3-2-4-9-15/h2-11H,1H3,(H,19,25)(H,20,23)(H,21,24). The molecule has 0 bridgehead atoms. The first kappa shape index (κ1) is 16.7. The van der Waals surface area contributed by atoms with Gasteiger partial charge >= 0.3 is 0 Å². The molecule has 0 unspecified atom stereocenters. The van der Waals surface area contributed by atoms with Crippen molar-refractivity contribution in [1.82, 2.24) is 9.55 Å². The summed E-state index contributed by atoms with van der Waals surface area (Å²) in [4.78, 5) is 26.7. The van der Waals surface area contributed by atoms with Crippen LogP contribution in [0.1, 0.15) is 17.4 Å². The topological polar surface area (TPSA) is 78.9 Å². The molecule has 0 aliphatic rings. The fourth-order valence-corrected chi connectivity index (χ4v) is 2.70. The van der Waals surface area contributed by atoms with Gasteiger partial charge < -0.3 is 15.6 Å². The lowest BCUT2D eigenvalue weighted by atomic mass is 10.2. The molecule has 2 amide bonds. The number of rotatable bonds is 4. The van der Waals surface area contributed by atoms with Crippen LogP contribution in [0.25, 0.3) is 5.69 Å². The minimum Gasteiger partial charge on any atom is -0.336 e. The summed E-state index contributed by atoms with van der Waals surface area (Å²) < 4.78 is 2.10. The van der Waals surface area contributed by atoms with E-state index in [1.165, 1.54) is 6.92 Å². The van der Waals surface area contributed by atoms with Crippen LogP contribution in [0, 0.1) is 4.77 Å². The van der Waals surface area contributed by atoms with E-state index in [9.17, 15) is 9.59 Å². The van der Waals surface area contributed by atoms with Gasteiger partial charge in [0.05, 0.1) is 0 Å². The zero-order valence-corrected chi connectivity index (χ0v) is 14.3. The summed E-state index contributed by atoms with van der Waals surface area (Å²) in [6, 6.07) is 16.3. The van der Waals surface area contributed by atoms with Gasteiger partial charge in [0.1, 0.15) is 5.69 Å². The average molecular weight is 352 g/mol. The number of amides is 2. The number of carbonyl (C=O) groups is 2. The Morgan fingerprint density at radius 2 is 1.68 bits per heavy atom. The normalized spacial score (nSPS) is 10.3. The van der Waals surface area contributed by atoms with Crippen molar-refractivity contribution in [2.45, 2.75) is 6.92 Å². The Bertz CT molecular complexity index is 976. The summed E-state index contributed by atoms with van der Waals surface area (Å²) >= 11 is 5.29. The van der Waals surface area contributed by atoms with Crippen molar-refractivity contribution in [3.05, 3.63) is 71.3 Å². The summed E-state index contributed by atoms with van der Waals surface area (Å²) in [5, 5.41) is 5.50. The lowest BCUT2D eigenvalue weighted by molar-refractivity contribution is -0.114. The molecule has 0 saturated heterocycles. The molecule has 7 heteroatoms. The van der Waals surface area contributed by atoms with E-state index >= 15 is 0 Å². The highest BCUT2D eigenvalue weighted by atomic mass is 32.1. The molecule has 6 nitrogen and oxygen atoms in total. The first-order valence-corrected chi connectivity index (χ1v) is 8.00. The highest BCUT2D eigenvalue weighted by Crippen LogP contribution is 2.18. The second kappa shape index (κ2) is 7.14. The van der Waals surface area contributed by atoms with Crippen LogP contribution in [-0.4, -0.2) is 21.4 Å². The third-order valence-electron chi connectivity index (χ3n) is 3.46. The number of para-hydroxylation sites is 1. The predicted octanol–water partition coefficient (Wildman–Crippen LogP) is 3.75. The molecule has 3 rings (SSSR count). The molecule has 0 fully saturated rings. The van der Waals surface area contributed by atoms with Crippen LogP contribution >= 0.6 is 12.2 Å². The van der Waals surface area contributed by atoms with E-state index in [0.717, 1.165) is 5.69 Å². The highest BCUT2D eigenvalue weighted by Gasteiger charge is 2.14. The van der Waals surface area contributed by atoms with Gasteiger partial charge in [0.2, 0.25) is 5.91 Å². The van der Waals surface area contributed by atoms with Crippen LogP contribution < -0.4 is 10.6 Å². The minimum absolute atomic E-state index is 0.174. The molecule has 0 aliphatic carbocycles. The van der Waals surface area contributed by atoms with E-state index in [4.69, 9.17) is 12.2 Å². The Kier molecular flexibility index (Phi) is 4.76. The van der Waals surface area contributed by atoms with Crippen molar-refractivity contribution < 1.29 is 9.59 Å². The highest BCUT2D eigenvalue weighted by molar-refractivity contribution is 7.71. The van der Waals surface area contributed by atoms with Crippen molar-refractivity contribution in [3.63, 3.8) is 0 Å². The molecule has 0 atom stereocenters. The van der Waals surface area contributed by atoms with Crippen molar-refractivity contribution >= 4 is 35.4 Å². The zero-order chi connectivity index (χ0) is 17.8. The third-order valence-corrected chi connectivity index (χ3v) is 3.76. The van der Waals surface area contributed by atoms with Crippen LogP contribution in [-0.2, 0) is 4.79 Å². The summed E-state index contributed by atoms with van der Waals surface area (Å²) in [5.41, 5.74) is 2.37. The van der Waals surface area contributed by atoms with Crippen LogP contribution in [0.5, 0.6) is 0 Å². The first-order chi connectivity index (χ1) is 12.0. The number of nitrogens with zero attached hydrogens (tertiary/aromatic N) is 1. The van der Waals surface area contributed by atoms with Crippen molar-refractivity contribution in [2.24, 2.45) is 0 Å². The number of aromatic nitrogens is 2. The lowest BCUT2D eigenvalue weighted by Crippen LogP contribution is -2.16. The van der Waals surface area contributed by atoms with Gasteiger partial charge in [0, 0.05) is 30.2 Å². The Hall–Kier alpha value is -3.19. The number of aromatic amines is 1. The molecular weight excluding hydrogens is 336 g/mol. The van der Waals surface area contributed by atoms with E-state index in [-0.39, 0.29) is 11.8 Å². The van der Waals surface area contributed by atoms with E-state index < -0.39 is 0 Å². The number of benzene rings is 2. The second-order valence-corrected chi connectivity index (χ2v) is 5.75. The van der Waals surface area contributed by atoms with Gasteiger partial charge in [-0.3, -0.25) is 14.2 Å². The number of carbonyl (C=O) groups excluding carboxylic acids is 2. The van der Waals surface area contributed by atoms with Gasteiger partial charge in [0.25, 0.3) is 5.91 Å². The van der Waals surface area contributed by atoms with Crippen molar-refractivity contribution in [1.29, 1.82) is 0 Å². The monoisotopic (exact) mass is 352 g/mol. The lowest BCUT2D eigenvalue weighted by Gasteiger charge is -2.10. The van der Waals surface area contributed by atoms with Gasteiger partial charge in [0.15, 0.2) is 4.77 Å². The number of hydrogen-bond acceptors (Lipinski definition) is 3. The van der Waals surface area contributed by atoms with Crippen molar-refractivity contribution in [3.8, 4) is 5.69 Å². The third kappa shape index (κ3) is 3.84. The van der Waals surface area contributed by atoms with Crippen molar-refractivity contribution in [2.75, 3.05) is 10.6 Å². The summed E-state index contributed by atoms with van der Waals surface area (Å²) in [6.45, 7) is 1.43. The maximum Gasteiger partial charge on any atom is 0.274 e. The van der Waals surface area contributed by atoms with E-state index in [1.807, 2.05) is 30.3 Å². The molecule has 0 radical (unpaired) electrons. The Labute approximate surface area is 149 Å². The van der Waals surface area contributed by atoms with Gasteiger partial charge in [-0.1, -0.05) is 24.3 Å². The zero-order valence-electron chi connectivity index (χ0n) is 13.4. The van der Waals surface area contributed by atoms with Gasteiger partial charge in [-0.15, -0.1) is 0 Å². The summed E-state index contributed by atoms with van der Waals surface area (Å²) in [7, 11) is 0. The minimum atomic E-state index is -0.309. The van der Waals surface area contributed by atoms with Gasteiger partial charge in [-0.2, -0.15) is 0 Å². The molecule has 25 heavy (non-hydrogen) atoms. The molecule has 3 aromatic rings. The summed E-state index contributed by atoms with van der Waals surface area (Å²) in [5.74, 6) is -0.483. The Morgan fingerprint density at radius 1 is 1.00 bits per heavy atom. The number of anilines is 2. The molecule has 1 heterocycles. The molecular formula is C18H16N4O2S. The molecule has 0 saturated carbocycles. The Balaban J connectivity index is 1.88. The first-order valence-electron chi connectivity index (χ1n) is 7.59. The number of imidazole rings is 1. The molecule has 0 aliphatic heterocycles. The molecule has 126 valence electrons. The maximum atomic E-state index is 12.7. The Morgan fingerprint density at radius 3 is 2.36 bits per heavy atom. The molecule has 3 N–H and O–H groups in total. The van der Waals surface area contributed by atoms with Gasteiger partial charge in [-0.05, 0) is 42.5 Å². The smallest absolute Gasteiger partial charge is 0.274 e. The van der Waals surface area contributed by atoms with E-state index in [0.29, 0.717) is 21.8 Å². The quantitative estimate of drug-likeness (QED) is 0.626. The maximum absolute atomic E-state index is 12.7. The van der Waals surface area contributed by atoms with Crippen LogP contribution in [0.3, 0.4) is 0 Å². The summed E-state index contributed by atoms with van der Waals surface area (Å²) in [6.07, 6.45) is 1.57. The molecule has 1 aromatic heterocycles. The second-order valence-electron chi connectivity index (χ2n) is 5.37. The largest absolute Gasteiger partial charge is 0.336 e. The van der Waals surface area contributed by atoms with Gasteiger partial charge in [-0.25, -0.2) is 0 Å². The van der Waals surface area contributed by atoms with E-state index in [2.05, 4.69) is 15.6 Å². The molecule has 0 spiro atoms. The number of hydrogen-bond donors (Lipinski definition) is 3. The number of nitrogens with one attached hydrogen (secondary N) is 3. The van der Waals surface area contributed by atoms with Crippen LogP contribution in [0.2, 0.25) is 0 Å². The van der Waals surface area contributed by atoms with Crippen LogP contribution in [0.15, 0.2) is 60.8 Å².